The van der Waals surface area contributed by atoms with Crippen LogP contribution in [0.25, 0.3) is 0 Å². The van der Waals surface area contributed by atoms with Crippen LogP contribution < -0.4 is 0 Å². The van der Waals surface area contributed by atoms with E-state index < -0.39 is 0 Å². The first-order valence-electron chi connectivity index (χ1n) is 7.45. The summed E-state index contributed by atoms with van der Waals surface area (Å²) >= 11 is 0. The predicted octanol–water partition coefficient (Wildman–Crippen LogP) is 2.75. The molecular formula is C14H30O3Si. The molecule has 0 saturated heterocycles. The van der Waals surface area contributed by atoms with Crippen molar-refractivity contribution in [3.8, 4) is 0 Å². The van der Waals surface area contributed by atoms with Crippen molar-refractivity contribution in [1.29, 1.82) is 0 Å². The predicted molar refractivity (Wildman–Crippen MR) is 78.7 cm³/mol. The molecule has 0 spiro atoms. The molecule has 108 valence electrons. The zero-order valence-electron chi connectivity index (χ0n) is 12.4. The molecule has 0 heterocycles. The standard InChI is InChI=1S/C14H30O3Si/c1-3-5-6-7-8-9-10-11-12-13(16-4-2)14(15)17-18/h13H,3-12H2,1-2,18H3. The molecule has 3 nitrogen and oxygen atoms in total. The Morgan fingerprint density at radius 3 is 2.06 bits per heavy atom. The lowest BCUT2D eigenvalue weighted by Gasteiger charge is -2.14. The van der Waals surface area contributed by atoms with Gasteiger partial charge in [-0.05, 0) is 13.3 Å². The fourth-order valence-electron chi connectivity index (χ4n) is 2.07. The molecule has 0 rings (SSSR count). The third-order valence-electron chi connectivity index (χ3n) is 3.15. The zero-order chi connectivity index (χ0) is 13.6. The molecule has 0 aliphatic heterocycles. The molecule has 18 heavy (non-hydrogen) atoms. The molecule has 0 radical (unpaired) electrons. The summed E-state index contributed by atoms with van der Waals surface area (Å²) in [6, 6.07) is 0. The SMILES string of the molecule is CCCCCCCCCCC(OCC)C(=O)O[SiH3]. The molecule has 0 aromatic heterocycles. The highest BCUT2D eigenvalue weighted by Gasteiger charge is 2.17. The second-order valence-electron chi connectivity index (χ2n) is 4.73. The van der Waals surface area contributed by atoms with Crippen molar-refractivity contribution in [2.75, 3.05) is 6.61 Å². The number of hydrogen-bond acceptors (Lipinski definition) is 3. The lowest BCUT2D eigenvalue weighted by Crippen LogP contribution is -2.26. The van der Waals surface area contributed by atoms with Gasteiger partial charge in [-0.15, -0.1) is 0 Å². The van der Waals surface area contributed by atoms with E-state index in [-0.39, 0.29) is 12.1 Å². The fraction of sp³-hybridized carbons (Fsp3) is 0.929. The number of carbonyl (C=O) groups is 1. The van der Waals surface area contributed by atoms with Crippen molar-refractivity contribution < 1.29 is 14.0 Å². The largest absolute Gasteiger partial charge is 0.527 e. The van der Waals surface area contributed by atoms with Crippen LogP contribution in [0, 0.1) is 0 Å². The second-order valence-corrected chi connectivity index (χ2v) is 5.14. The van der Waals surface area contributed by atoms with Gasteiger partial charge in [0.15, 0.2) is 6.10 Å². The Morgan fingerprint density at radius 1 is 1.00 bits per heavy atom. The maximum Gasteiger partial charge on any atom is 0.321 e. The summed E-state index contributed by atoms with van der Waals surface area (Å²) in [6.07, 6.45) is 10.7. The van der Waals surface area contributed by atoms with Crippen LogP contribution in [0.1, 0.15) is 71.6 Å². The van der Waals surface area contributed by atoms with Gasteiger partial charge in [-0.2, -0.15) is 0 Å². The summed E-state index contributed by atoms with van der Waals surface area (Å²) in [4.78, 5) is 11.4. The summed E-state index contributed by atoms with van der Waals surface area (Å²) in [5, 5.41) is 0. The lowest BCUT2D eigenvalue weighted by atomic mass is 10.1. The summed E-state index contributed by atoms with van der Waals surface area (Å²) in [5.74, 6) is -0.175. The van der Waals surface area contributed by atoms with Crippen molar-refractivity contribution >= 4 is 16.5 Å². The second kappa shape index (κ2) is 13.1. The first-order chi connectivity index (χ1) is 8.76. The highest BCUT2D eigenvalue weighted by atomic mass is 28.2. The summed E-state index contributed by atoms with van der Waals surface area (Å²) in [6.45, 7) is 4.74. The molecule has 0 aromatic rings. The normalized spacial score (nSPS) is 12.6. The van der Waals surface area contributed by atoms with Crippen LogP contribution in [-0.2, 0) is 14.0 Å². The van der Waals surface area contributed by atoms with Crippen LogP contribution in [0.3, 0.4) is 0 Å². The van der Waals surface area contributed by atoms with Gasteiger partial charge in [0.2, 0.25) is 10.5 Å². The first-order valence-corrected chi connectivity index (χ1v) is 8.27. The van der Waals surface area contributed by atoms with Crippen molar-refractivity contribution in [3.63, 3.8) is 0 Å². The van der Waals surface area contributed by atoms with E-state index in [2.05, 4.69) is 6.92 Å². The zero-order valence-corrected chi connectivity index (χ0v) is 14.4. The number of unbranched alkanes of at least 4 members (excludes halogenated alkanes) is 7. The molecule has 1 unspecified atom stereocenters. The van der Waals surface area contributed by atoms with Gasteiger partial charge in [0, 0.05) is 6.61 Å². The molecule has 1 atom stereocenters. The van der Waals surface area contributed by atoms with E-state index in [1.165, 1.54) is 44.9 Å². The van der Waals surface area contributed by atoms with Crippen molar-refractivity contribution in [2.45, 2.75) is 77.7 Å². The molecule has 0 aliphatic rings. The molecule has 4 heteroatoms. The van der Waals surface area contributed by atoms with Crippen LogP contribution in [0.4, 0.5) is 0 Å². The Kier molecular flexibility index (Phi) is 12.8. The van der Waals surface area contributed by atoms with Gasteiger partial charge in [0.1, 0.15) is 0 Å². The number of hydrogen-bond donors (Lipinski definition) is 0. The molecule has 0 aromatic carbocycles. The average Bonchev–Trinajstić information content (AvgIpc) is 2.39. The van der Waals surface area contributed by atoms with Crippen LogP contribution in [0.5, 0.6) is 0 Å². The van der Waals surface area contributed by atoms with E-state index in [9.17, 15) is 4.79 Å². The van der Waals surface area contributed by atoms with Crippen molar-refractivity contribution in [1.82, 2.24) is 0 Å². The van der Waals surface area contributed by atoms with E-state index >= 15 is 0 Å². The highest BCUT2D eigenvalue weighted by molar-refractivity contribution is 6.06. The minimum Gasteiger partial charge on any atom is -0.527 e. The quantitative estimate of drug-likeness (QED) is 0.405. The minimum absolute atomic E-state index is 0.175. The molecular weight excluding hydrogens is 244 g/mol. The third kappa shape index (κ3) is 9.65. The van der Waals surface area contributed by atoms with E-state index in [1.54, 1.807) is 0 Å². The van der Waals surface area contributed by atoms with Gasteiger partial charge in [0.05, 0.1) is 0 Å². The fourth-order valence-corrected chi connectivity index (χ4v) is 2.33. The average molecular weight is 274 g/mol. The van der Waals surface area contributed by atoms with Gasteiger partial charge in [-0.3, -0.25) is 4.79 Å². The van der Waals surface area contributed by atoms with Gasteiger partial charge < -0.3 is 9.16 Å². The maximum atomic E-state index is 11.4. The number of carbonyl (C=O) groups excluding carboxylic acids is 1. The summed E-state index contributed by atoms with van der Waals surface area (Å²) in [7, 11) is 0.459. The van der Waals surface area contributed by atoms with E-state index in [4.69, 9.17) is 9.16 Å². The van der Waals surface area contributed by atoms with E-state index in [0.717, 1.165) is 12.8 Å². The van der Waals surface area contributed by atoms with Gasteiger partial charge in [-0.1, -0.05) is 58.3 Å². The molecule has 0 bridgehead atoms. The summed E-state index contributed by atoms with van der Waals surface area (Å²) in [5.41, 5.74) is 0. The maximum absolute atomic E-state index is 11.4. The molecule has 0 fully saturated rings. The molecule has 0 saturated carbocycles. The monoisotopic (exact) mass is 274 g/mol. The topological polar surface area (TPSA) is 35.5 Å². The Morgan fingerprint density at radius 2 is 1.56 bits per heavy atom. The van der Waals surface area contributed by atoms with Gasteiger partial charge in [-0.25, -0.2) is 0 Å². The van der Waals surface area contributed by atoms with Crippen molar-refractivity contribution in [3.05, 3.63) is 0 Å². The Balaban J connectivity index is 3.46. The first kappa shape index (κ1) is 17.6. The minimum atomic E-state index is -0.326. The van der Waals surface area contributed by atoms with Crippen LogP contribution >= 0.6 is 0 Å². The third-order valence-corrected chi connectivity index (χ3v) is 3.55. The Hall–Kier alpha value is -0.353. The Labute approximate surface area is 115 Å². The van der Waals surface area contributed by atoms with E-state index in [1.807, 2.05) is 6.92 Å². The van der Waals surface area contributed by atoms with Crippen LogP contribution in [0.2, 0.25) is 0 Å². The van der Waals surface area contributed by atoms with Crippen LogP contribution in [0.15, 0.2) is 0 Å². The summed E-state index contributed by atoms with van der Waals surface area (Å²) < 4.78 is 10.3. The highest BCUT2D eigenvalue weighted by Crippen LogP contribution is 2.12. The number of rotatable bonds is 12. The van der Waals surface area contributed by atoms with Crippen LogP contribution in [-0.4, -0.2) is 29.2 Å². The van der Waals surface area contributed by atoms with Crippen molar-refractivity contribution in [2.24, 2.45) is 0 Å². The molecule has 0 N–H and O–H groups in total. The smallest absolute Gasteiger partial charge is 0.321 e. The molecule has 0 amide bonds. The number of ether oxygens (including phenoxy) is 1. The van der Waals surface area contributed by atoms with Gasteiger partial charge in [0.25, 0.3) is 0 Å². The van der Waals surface area contributed by atoms with Gasteiger partial charge >= 0.3 is 5.97 Å². The Bertz CT molecular complexity index is 197. The molecule has 0 aliphatic carbocycles. The van der Waals surface area contributed by atoms with E-state index in [0.29, 0.717) is 17.1 Å². The lowest BCUT2D eigenvalue weighted by molar-refractivity contribution is -0.147.